The van der Waals surface area contributed by atoms with Crippen molar-refractivity contribution < 1.29 is 19.2 Å². The molecule has 0 amide bonds. The van der Waals surface area contributed by atoms with Gasteiger partial charge in [-0.15, -0.1) is 0 Å². The normalized spacial score (nSPS) is 10.3. The highest BCUT2D eigenvalue weighted by Gasteiger charge is 2.22. The first-order valence-corrected chi connectivity index (χ1v) is 8.09. The molecule has 0 unspecified atom stereocenters. The fourth-order valence-electron chi connectivity index (χ4n) is 2.33. The van der Waals surface area contributed by atoms with Crippen LogP contribution in [0.1, 0.15) is 11.1 Å². The van der Waals surface area contributed by atoms with Crippen molar-refractivity contribution in [1.29, 1.82) is 0 Å². The lowest BCUT2D eigenvalue weighted by Crippen LogP contribution is -2.03. The fraction of sp³-hybridized carbons (Fsp3) is 0.200. The Labute approximate surface area is 157 Å². The summed E-state index contributed by atoms with van der Waals surface area (Å²) < 4.78 is 11.0. The van der Waals surface area contributed by atoms with Crippen LogP contribution in [0.5, 0.6) is 11.5 Å². The van der Waals surface area contributed by atoms with Gasteiger partial charge >= 0.3 is 0 Å². The lowest BCUT2D eigenvalue weighted by Gasteiger charge is -2.13. The molecule has 0 fully saturated rings. The van der Waals surface area contributed by atoms with E-state index in [1.54, 1.807) is 31.1 Å². The highest BCUT2D eigenvalue weighted by Crippen LogP contribution is 2.38. The predicted molar refractivity (Wildman–Crippen MR) is 102 cm³/mol. The monoisotopic (exact) mass is 368 g/mol. The molecule has 0 saturated carbocycles. The van der Waals surface area contributed by atoms with E-state index in [-0.39, 0.29) is 34.9 Å². The molecule has 2 aromatic rings. The van der Waals surface area contributed by atoms with Crippen molar-refractivity contribution in [2.75, 3.05) is 21.2 Å². The third-order valence-corrected chi connectivity index (χ3v) is 3.66. The Morgan fingerprint density at radius 2 is 1.93 bits per heavy atom. The Hall–Kier alpha value is -3.57. The first-order chi connectivity index (χ1) is 13.0. The number of nitro groups is 1. The van der Waals surface area contributed by atoms with Gasteiger partial charge in [0.2, 0.25) is 0 Å². The molecule has 0 heterocycles. The molecule has 0 aliphatic heterocycles. The zero-order chi connectivity index (χ0) is 19.8. The first kappa shape index (κ1) is 19.8. The summed E-state index contributed by atoms with van der Waals surface area (Å²) >= 11 is 0. The van der Waals surface area contributed by atoms with Crippen LogP contribution in [0.15, 0.2) is 54.7 Å². The molecule has 140 valence electrons. The van der Waals surface area contributed by atoms with E-state index in [1.807, 2.05) is 30.3 Å². The van der Waals surface area contributed by atoms with E-state index in [2.05, 4.69) is 0 Å². The zero-order valence-electron chi connectivity index (χ0n) is 15.3. The van der Waals surface area contributed by atoms with Crippen LogP contribution < -0.4 is 9.47 Å². The van der Waals surface area contributed by atoms with E-state index in [9.17, 15) is 14.9 Å². The molecule has 0 aliphatic rings. The van der Waals surface area contributed by atoms with Gasteiger partial charge in [0.15, 0.2) is 11.5 Å². The van der Waals surface area contributed by atoms with E-state index in [4.69, 9.17) is 9.47 Å². The minimum atomic E-state index is -0.564. The topological polar surface area (TPSA) is 81.9 Å². The first-order valence-electron chi connectivity index (χ1n) is 8.09. The Morgan fingerprint density at radius 3 is 2.48 bits per heavy atom. The zero-order valence-corrected chi connectivity index (χ0v) is 15.3. The number of nitrogens with zero attached hydrogens (tertiary/aromatic N) is 2. The van der Waals surface area contributed by atoms with Crippen LogP contribution in [-0.4, -0.2) is 37.0 Å². The summed E-state index contributed by atoms with van der Waals surface area (Å²) in [5, 5.41) is 11.5. The number of carbonyl (C=O) groups excluding carboxylic acids is 1. The maximum atomic E-state index is 11.5. The molecule has 0 aliphatic carbocycles. The van der Waals surface area contributed by atoms with Crippen LogP contribution in [-0.2, 0) is 11.4 Å². The van der Waals surface area contributed by atoms with E-state index >= 15 is 0 Å². The maximum absolute atomic E-state index is 11.5. The molecule has 0 atom stereocenters. The molecule has 0 spiro atoms. The summed E-state index contributed by atoms with van der Waals surface area (Å²) in [6.45, 7) is 0.227. The fourth-order valence-corrected chi connectivity index (χ4v) is 2.33. The van der Waals surface area contributed by atoms with Gasteiger partial charge in [0, 0.05) is 14.1 Å². The maximum Gasteiger partial charge on any atom is 0.281 e. The minimum absolute atomic E-state index is 0.0447. The molecular formula is C20H20N2O5. The summed E-state index contributed by atoms with van der Waals surface area (Å²) in [5.74, 6) is 2.26. The Bertz CT molecular complexity index is 885. The van der Waals surface area contributed by atoms with Crippen LogP contribution in [0.3, 0.4) is 0 Å². The summed E-state index contributed by atoms with van der Waals surface area (Å²) in [6, 6.07) is 12.1. The van der Waals surface area contributed by atoms with Crippen LogP contribution in [0, 0.1) is 10.1 Å². The van der Waals surface area contributed by atoms with Gasteiger partial charge < -0.3 is 14.4 Å². The quantitative estimate of drug-likeness (QED) is 0.307. The lowest BCUT2D eigenvalue weighted by molar-refractivity contribution is -0.385. The van der Waals surface area contributed by atoms with Gasteiger partial charge in [-0.1, -0.05) is 30.3 Å². The number of hydrogen-bond donors (Lipinski definition) is 0. The van der Waals surface area contributed by atoms with Gasteiger partial charge in [-0.25, -0.2) is 4.79 Å². The molecule has 0 N–H and O–H groups in total. The van der Waals surface area contributed by atoms with E-state index in [0.717, 1.165) is 5.56 Å². The smallest absolute Gasteiger partial charge is 0.281 e. The molecule has 0 bridgehead atoms. The molecule has 0 radical (unpaired) electrons. The van der Waals surface area contributed by atoms with Gasteiger partial charge in [0.05, 0.1) is 29.2 Å². The van der Waals surface area contributed by atoms with E-state index < -0.39 is 4.92 Å². The standard InChI is InChI=1S/C20H20N2O5/c1-21(2)10-9-16(13-23)17-11-19(26-3)20(12-18(17)22(24)25)27-14-15-7-5-4-6-8-15/h4-12H,14H2,1-3H3/b10-9+. The molecule has 0 aromatic heterocycles. The van der Waals surface area contributed by atoms with E-state index in [1.165, 1.54) is 25.3 Å². The molecule has 0 saturated heterocycles. The summed E-state index contributed by atoms with van der Waals surface area (Å²) in [4.78, 5) is 24.0. The van der Waals surface area contributed by atoms with Crippen LogP contribution >= 0.6 is 0 Å². The molecular weight excluding hydrogens is 348 g/mol. The minimum Gasteiger partial charge on any atom is -0.493 e. The SMILES string of the molecule is COc1cc(C(=C=O)/C=C/N(C)C)c([N+](=O)[O-])cc1OCc1ccccc1. The predicted octanol–water partition coefficient (Wildman–Crippen LogP) is 3.47. The van der Waals surface area contributed by atoms with Gasteiger partial charge in [-0.05, 0) is 23.9 Å². The van der Waals surface area contributed by atoms with Gasteiger partial charge in [-0.2, -0.15) is 0 Å². The lowest BCUT2D eigenvalue weighted by atomic mass is 10.0. The van der Waals surface area contributed by atoms with Crippen molar-refractivity contribution in [3.8, 4) is 11.5 Å². The average Bonchev–Trinajstić information content (AvgIpc) is 2.67. The van der Waals surface area contributed by atoms with Crippen molar-refractivity contribution in [2.45, 2.75) is 6.61 Å². The second-order valence-corrected chi connectivity index (χ2v) is 5.85. The number of hydrogen-bond acceptors (Lipinski definition) is 6. The summed E-state index contributed by atoms with van der Waals surface area (Å²) in [7, 11) is 4.98. The summed E-state index contributed by atoms with van der Waals surface area (Å²) in [5.41, 5.74) is 0.801. The van der Waals surface area contributed by atoms with Crippen molar-refractivity contribution in [2.24, 2.45) is 0 Å². The highest BCUT2D eigenvalue weighted by molar-refractivity contribution is 5.96. The number of allylic oxidation sites excluding steroid dienone is 2. The van der Waals surface area contributed by atoms with Gasteiger partial charge in [-0.3, -0.25) is 10.1 Å². The number of nitro benzene ring substituents is 1. The second-order valence-electron chi connectivity index (χ2n) is 5.85. The second kappa shape index (κ2) is 9.22. The summed E-state index contributed by atoms with van der Waals surface area (Å²) in [6.07, 6.45) is 3.07. The number of benzene rings is 2. The van der Waals surface area contributed by atoms with Crippen molar-refractivity contribution in [3.63, 3.8) is 0 Å². The van der Waals surface area contributed by atoms with Crippen molar-refractivity contribution in [3.05, 3.63) is 76.0 Å². The van der Waals surface area contributed by atoms with Crippen molar-refractivity contribution >= 4 is 17.2 Å². The third-order valence-electron chi connectivity index (χ3n) is 3.66. The largest absolute Gasteiger partial charge is 0.493 e. The average molecular weight is 368 g/mol. The Morgan fingerprint density at radius 1 is 1.22 bits per heavy atom. The Kier molecular flexibility index (Phi) is 6.74. The molecule has 27 heavy (non-hydrogen) atoms. The Balaban J connectivity index is 2.44. The highest BCUT2D eigenvalue weighted by atomic mass is 16.6. The molecule has 2 aromatic carbocycles. The molecule has 2 rings (SSSR count). The number of rotatable bonds is 8. The molecule has 7 nitrogen and oxygen atoms in total. The number of methoxy groups -OCH3 is 1. The number of ether oxygens (including phenoxy) is 2. The third kappa shape index (κ3) is 5.20. The van der Waals surface area contributed by atoms with Crippen molar-refractivity contribution in [1.82, 2.24) is 4.90 Å². The van der Waals surface area contributed by atoms with Crippen LogP contribution in [0.2, 0.25) is 0 Å². The molecule has 7 heteroatoms. The van der Waals surface area contributed by atoms with Crippen LogP contribution in [0.4, 0.5) is 5.69 Å². The van der Waals surface area contributed by atoms with Gasteiger partial charge in [0.25, 0.3) is 5.69 Å². The van der Waals surface area contributed by atoms with Crippen LogP contribution in [0.25, 0.3) is 5.57 Å². The van der Waals surface area contributed by atoms with E-state index in [0.29, 0.717) is 0 Å². The van der Waals surface area contributed by atoms with Gasteiger partial charge in [0.1, 0.15) is 12.5 Å².